The predicted molar refractivity (Wildman–Crippen MR) is 88.9 cm³/mol. The minimum absolute atomic E-state index is 0.0708. The Kier molecular flexibility index (Phi) is 4.58. The molecule has 1 N–H and O–H groups in total. The smallest absolute Gasteiger partial charge is 0.418 e. The summed E-state index contributed by atoms with van der Waals surface area (Å²) >= 11 is 0. The van der Waals surface area contributed by atoms with E-state index in [0.717, 1.165) is 17.5 Å². The van der Waals surface area contributed by atoms with E-state index in [9.17, 15) is 18.0 Å². The monoisotopic (exact) mass is 363 g/mol. The number of aryl methyl sites for hydroxylation is 2. The second kappa shape index (κ2) is 6.70. The first-order valence-electron chi connectivity index (χ1n) is 7.81. The van der Waals surface area contributed by atoms with Gasteiger partial charge < -0.3 is 9.73 Å². The van der Waals surface area contributed by atoms with E-state index in [1.165, 1.54) is 24.3 Å². The average Bonchev–Trinajstić information content (AvgIpc) is 3.14. The lowest BCUT2D eigenvalue weighted by atomic mass is 10.1. The molecule has 0 aliphatic rings. The zero-order valence-electron chi connectivity index (χ0n) is 14.1. The van der Waals surface area contributed by atoms with Crippen LogP contribution in [0.4, 0.5) is 18.9 Å². The van der Waals surface area contributed by atoms with Crippen LogP contribution in [0.1, 0.15) is 33.3 Å². The summed E-state index contributed by atoms with van der Waals surface area (Å²) in [5, 5.41) is 6.55. The highest BCUT2D eigenvalue weighted by molar-refractivity contribution is 6.02. The number of carbonyl (C=O) groups excluding carboxylic acids is 1. The van der Waals surface area contributed by atoms with E-state index in [-0.39, 0.29) is 11.4 Å². The summed E-state index contributed by atoms with van der Waals surface area (Å²) in [6.07, 6.45) is -4.56. The quantitative estimate of drug-likeness (QED) is 0.747. The molecule has 0 aliphatic heterocycles. The van der Waals surface area contributed by atoms with Crippen LogP contribution in [0, 0.1) is 13.8 Å². The molecular weight excluding hydrogens is 347 g/mol. The molecule has 136 valence electrons. The number of carbonyl (C=O) groups is 1. The van der Waals surface area contributed by atoms with Gasteiger partial charge in [0, 0.05) is 5.69 Å². The van der Waals surface area contributed by atoms with Crippen molar-refractivity contribution in [1.29, 1.82) is 0 Å². The van der Waals surface area contributed by atoms with Gasteiger partial charge in [-0.25, -0.2) is 0 Å². The van der Waals surface area contributed by atoms with Gasteiger partial charge in [0.05, 0.1) is 23.5 Å². The number of nitrogens with one attached hydrogen (secondary N) is 1. The molecule has 0 bridgehead atoms. The standard InChI is InChI=1S/C18H16F3N3O2/c1-11-9-12(2)24(23-11)10-13-7-8-16(26-13)17(25)22-15-6-4-3-5-14(15)18(19,20)21/h3-9H,10H2,1-2H3,(H,22,25). The molecule has 1 amide bonds. The Morgan fingerprint density at radius 2 is 1.92 bits per heavy atom. The Labute approximate surface area is 147 Å². The van der Waals surface area contributed by atoms with Gasteiger partial charge in [0.15, 0.2) is 5.76 Å². The van der Waals surface area contributed by atoms with Crippen LogP contribution in [0.25, 0.3) is 0 Å². The number of halogens is 3. The lowest BCUT2D eigenvalue weighted by molar-refractivity contribution is -0.136. The molecule has 3 rings (SSSR count). The van der Waals surface area contributed by atoms with Gasteiger partial charge in [-0.1, -0.05) is 12.1 Å². The van der Waals surface area contributed by atoms with Crippen LogP contribution in [0.15, 0.2) is 46.9 Å². The second-order valence-electron chi connectivity index (χ2n) is 5.85. The van der Waals surface area contributed by atoms with Crippen LogP contribution >= 0.6 is 0 Å². The van der Waals surface area contributed by atoms with Gasteiger partial charge in [-0.3, -0.25) is 9.48 Å². The molecule has 0 unspecified atom stereocenters. The fourth-order valence-electron chi connectivity index (χ4n) is 2.59. The zero-order valence-corrected chi connectivity index (χ0v) is 14.1. The van der Waals surface area contributed by atoms with Crippen molar-refractivity contribution in [3.05, 3.63) is 70.9 Å². The number of amides is 1. The first kappa shape index (κ1) is 17.8. The highest BCUT2D eigenvalue weighted by Crippen LogP contribution is 2.34. The van der Waals surface area contributed by atoms with E-state index in [1.54, 1.807) is 10.7 Å². The van der Waals surface area contributed by atoms with Gasteiger partial charge in [-0.15, -0.1) is 0 Å². The largest absolute Gasteiger partial charge is 0.454 e. The number of aromatic nitrogens is 2. The van der Waals surface area contributed by atoms with Crippen molar-refractivity contribution < 1.29 is 22.4 Å². The van der Waals surface area contributed by atoms with Gasteiger partial charge in [0.1, 0.15) is 5.76 Å². The average molecular weight is 363 g/mol. The van der Waals surface area contributed by atoms with Gasteiger partial charge >= 0.3 is 6.18 Å². The molecule has 0 spiro atoms. The Bertz CT molecular complexity index is 941. The summed E-state index contributed by atoms with van der Waals surface area (Å²) < 4.78 is 46.2. The van der Waals surface area contributed by atoms with Crippen molar-refractivity contribution in [3.8, 4) is 0 Å². The van der Waals surface area contributed by atoms with E-state index >= 15 is 0 Å². The van der Waals surface area contributed by atoms with Crippen LogP contribution in [0.2, 0.25) is 0 Å². The second-order valence-corrected chi connectivity index (χ2v) is 5.85. The van der Waals surface area contributed by atoms with Crippen molar-refractivity contribution in [2.75, 3.05) is 5.32 Å². The minimum atomic E-state index is -4.56. The molecule has 5 nitrogen and oxygen atoms in total. The number of rotatable bonds is 4. The predicted octanol–water partition coefficient (Wildman–Crippen LogP) is 4.41. The van der Waals surface area contributed by atoms with Crippen molar-refractivity contribution in [1.82, 2.24) is 9.78 Å². The van der Waals surface area contributed by atoms with Crippen molar-refractivity contribution in [2.45, 2.75) is 26.6 Å². The Morgan fingerprint density at radius 3 is 2.58 bits per heavy atom. The summed E-state index contributed by atoms with van der Waals surface area (Å²) in [5.74, 6) is -0.342. The molecule has 26 heavy (non-hydrogen) atoms. The van der Waals surface area contributed by atoms with E-state index in [1.807, 2.05) is 19.9 Å². The summed E-state index contributed by atoms with van der Waals surface area (Å²) in [7, 11) is 0. The number of benzene rings is 1. The summed E-state index contributed by atoms with van der Waals surface area (Å²) in [5.41, 5.74) is 0.559. The number of hydrogen-bond acceptors (Lipinski definition) is 3. The number of nitrogens with zero attached hydrogens (tertiary/aromatic N) is 2. The first-order chi connectivity index (χ1) is 12.2. The molecule has 0 atom stereocenters. The van der Waals surface area contributed by atoms with E-state index in [0.29, 0.717) is 12.3 Å². The molecule has 1 aromatic carbocycles. The summed E-state index contributed by atoms with van der Waals surface area (Å²) in [6.45, 7) is 4.08. The van der Waals surface area contributed by atoms with Gasteiger partial charge in [-0.2, -0.15) is 18.3 Å². The molecule has 2 aromatic heterocycles. The molecule has 0 saturated heterocycles. The lowest BCUT2D eigenvalue weighted by Gasteiger charge is -2.12. The molecule has 0 fully saturated rings. The third kappa shape index (κ3) is 3.79. The molecule has 0 saturated carbocycles. The highest BCUT2D eigenvalue weighted by atomic mass is 19.4. The van der Waals surface area contributed by atoms with Crippen LogP contribution in [0.5, 0.6) is 0 Å². The Morgan fingerprint density at radius 1 is 1.19 bits per heavy atom. The van der Waals surface area contributed by atoms with Gasteiger partial charge in [-0.05, 0) is 44.2 Å². The Balaban J connectivity index is 1.76. The maximum Gasteiger partial charge on any atom is 0.418 e. The zero-order chi connectivity index (χ0) is 18.9. The molecule has 0 aliphatic carbocycles. The van der Waals surface area contributed by atoms with Crippen molar-refractivity contribution in [2.24, 2.45) is 0 Å². The van der Waals surface area contributed by atoms with E-state index in [4.69, 9.17) is 4.42 Å². The topological polar surface area (TPSA) is 60.1 Å². The van der Waals surface area contributed by atoms with E-state index in [2.05, 4.69) is 10.4 Å². The van der Waals surface area contributed by atoms with E-state index < -0.39 is 17.6 Å². The van der Waals surface area contributed by atoms with Gasteiger partial charge in [0.25, 0.3) is 5.91 Å². The summed E-state index contributed by atoms with van der Waals surface area (Å²) in [6, 6.07) is 9.71. The number of anilines is 1. The molecule has 0 radical (unpaired) electrons. The number of para-hydroxylation sites is 1. The minimum Gasteiger partial charge on any atom is -0.454 e. The molecular formula is C18H16F3N3O2. The molecule has 2 heterocycles. The number of furan rings is 1. The molecule has 8 heteroatoms. The number of hydrogen-bond donors (Lipinski definition) is 1. The maximum atomic E-state index is 13.0. The molecule has 3 aromatic rings. The SMILES string of the molecule is Cc1cc(C)n(Cc2ccc(C(=O)Nc3ccccc3C(F)(F)F)o2)n1. The van der Waals surface area contributed by atoms with Crippen LogP contribution in [0.3, 0.4) is 0 Å². The lowest BCUT2D eigenvalue weighted by Crippen LogP contribution is -2.16. The fraction of sp³-hybridized carbons (Fsp3) is 0.222. The third-order valence-electron chi connectivity index (χ3n) is 3.78. The summed E-state index contributed by atoms with van der Waals surface area (Å²) in [4.78, 5) is 12.2. The fourth-order valence-corrected chi connectivity index (χ4v) is 2.59. The highest BCUT2D eigenvalue weighted by Gasteiger charge is 2.33. The normalized spacial score (nSPS) is 11.6. The van der Waals surface area contributed by atoms with Crippen LogP contribution in [-0.4, -0.2) is 15.7 Å². The third-order valence-corrected chi connectivity index (χ3v) is 3.78. The van der Waals surface area contributed by atoms with Gasteiger partial charge in [0.2, 0.25) is 0 Å². The maximum absolute atomic E-state index is 13.0. The Hall–Kier alpha value is -3.03. The van der Waals surface area contributed by atoms with Crippen molar-refractivity contribution >= 4 is 11.6 Å². The van der Waals surface area contributed by atoms with Crippen molar-refractivity contribution in [3.63, 3.8) is 0 Å². The van der Waals surface area contributed by atoms with Crippen LogP contribution < -0.4 is 5.32 Å². The first-order valence-corrected chi connectivity index (χ1v) is 7.81. The number of alkyl halides is 3. The van der Waals surface area contributed by atoms with Crippen LogP contribution in [-0.2, 0) is 12.7 Å².